The number of aromatic nitrogens is 1. The summed E-state index contributed by atoms with van der Waals surface area (Å²) in [7, 11) is -3.63. The van der Waals surface area contributed by atoms with Crippen LogP contribution < -0.4 is 5.32 Å². The van der Waals surface area contributed by atoms with E-state index < -0.39 is 26.5 Å². The van der Waals surface area contributed by atoms with Gasteiger partial charge in [-0.05, 0) is 19.9 Å². The number of carboxylic acids is 1. The molecule has 0 aromatic carbocycles. The highest BCUT2D eigenvalue weighted by Crippen LogP contribution is 2.20. The van der Waals surface area contributed by atoms with Gasteiger partial charge >= 0.3 is 5.97 Å². The Morgan fingerprint density at radius 2 is 1.95 bits per heavy atom. The molecule has 0 fully saturated rings. The number of nitrogens with one attached hydrogen (secondary N) is 1. The number of nitrogens with zero attached hydrogens (tertiary/aromatic N) is 1. The molecule has 0 atom stereocenters. The number of rotatable bonds is 4. The molecule has 0 unspecified atom stereocenters. The maximum atomic E-state index is 11.9. The molecular formula is C11H14N2O5S. The molecule has 104 valence electrons. The molecular weight excluding hydrogens is 272 g/mol. The van der Waals surface area contributed by atoms with Crippen molar-refractivity contribution in [3.05, 3.63) is 24.0 Å². The Hall–Kier alpha value is -1.96. The summed E-state index contributed by atoms with van der Waals surface area (Å²) >= 11 is 0. The highest BCUT2D eigenvalue weighted by atomic mass is 32.2. The fraction of sp³-hybridized carbons (Fsp3) is 0.364. The van der Waals surface area contributed by atoms with E-state index in [1.807, 2.05) is 0 Å². The molecule has 0 saturated carbocycles. The predicted molar refractivity (Wildman–Crippen MR) is 68.7 cm³/mol. The largest absolute Gasteiger partial charge is 0.478 e. The maximum Gasteiger partial charge on any atom is 0.337 e. The van der Waals surface area contributed by atoms with E-state index in [4.69, 9.17) is 5.11 Å². The first-order chi connectivity index (χ1) is 8.57. The summed E-state index contributed by atoms with van der Waals surface area (Å²) in [5, 5.41) is 11.2. The zero-order valence-electron chi connectivity index (χ0n) is 10.7. The van der Waals surface area contributed by atoms with Crippen molar-refractivity contribution in [1.82, 2.24) is 4.98 Å². The number of carbonyl (C=O) groups is 2. The fourth-order valence-corrected chi connectivity index (χ4v) is 1.51. The van der Waals surface area contributed by atoms with Gasteiger partial charge in [-0.15, -0.1) is 0 Å². The minimum absolute atomic E-state index is 0.0447. The Morgan fingerprint density at radius 1 is 1.37 bits per heavy atom. The molecule has 0 bridgehead atoms. The van der Waals surface area contributed by atoms with Crippen LogP contribution in [0, 0.1) is 0 Å². The van der Waals surface area contributed by atoms with Gasteiger partial charge in [-0.1, -0.05) is 0 Å². The third-order valence-electron chi connectivity index (χ3n) is 2.77. The maximum absolute atomic E-state index is 11.9. The Labute approximate surface area is 110 Å². The molecule has 2 N–H and O–H groups in total. The average Bonchev–Trinajstić information content (AvgIpc) is 2.27. The Morgan fingerprint density at radius 3 is 2.42 bits per heavy atom. The summed E-state index contributed by atoms with van der Waals surface area (Å²) in [6.45, 7) is 2.49. The van der Waals surface area contributed by atoms with Gasteiger partial charge < -0.3 is 10.4 Å². The van der Waals surface area contributed by atoms with E-state index in [1.54, 1.807) is 0 Å². The third kappa shape index (κ3) is 3.08. The zero-order chi connectivity index (χ0) is 14.8. The first-order valence-corrected chi connectivity index (χ1v) is 7.15. The van der Waals surface area contributed by atoms with Gasteiger partial charge in [0.15, 0.2) is 9.84 Å². The number of pyridine rings is 1. The van der Waals surface area contributed by atoms with Crippen molar-refractivity contribution in [2.75, 3.05) is 11.6 Å². The van der Waals surface area contributed by atoms with Crippen molar-refractivity contribution in [3.63, 3.8) is 0 Å². The van der Waals surface area contributed by atoms with Crippen LogP contribution in [-0.4, -0.2) is 41.4 Å². The summed E-state index contributed by atoms with van der Waals surface area (Å²) in [6, 6.07) is 1.21. The minimum atomic E-state index is -3.63. The second-order valence-corrected chi connectivity index (χ2v) is 7.03. The van der Waals surface area contributed by atoms with Crippen LogP contribution in [0.4, 0.5) is 5.69 Å². The minimum Gasteiger partial charge on any atom is -0.478 e. The van der Waals surface area contributed by atoms with E-state index >= 15 is 0 Å². The van der Waals surface area contributed by atoms with Crippen molar-refractivity contribution < 1.29 is 23.1 Å². The molecule has 0 aliphatic rings. The summed E-state index contributed by atoms with van der Waals surface area (Å²) in [5.74, 6) is -2.06. The van der Waals surface area contributed by atoms with Gasteiger partial charge in [-0.25, -0.2) is 13.2 Å². The van der Waals surface area contributed by atoms with Gasteiger partial charge in [0.25, 0.3) is 0 Å². The number of amides is 1. The summed E-state index contributed by atoms with van der Waals surface area (Å²) in [6.07, 6.45) is 3.36. The van der Waals surface area contributed by atoms with Gasteiger partial charge in [-0.3, -0.25) is 9.78 Å². The molecule has 8 heteroatoms. The first kappa shape index (κ1) is 15.1. The lowest BCUT2D eigenvalue weighted by Gasteiger charge is -2.21. The molecule has 1 aromatic heterocycles. The number of sulfone groups is 1. The second kappa shape index (κ2) is 4.96. The second-order valence-electron chi connectivity index (χ2n) is 4.46. The van der Waals surface area contributed by atoms with E-state index in [0.717, 1.165) is 12.5 Å². The molecule has 7 nitrogen and oxygen atoms in total. The number of anilines is 1. The normalized spacial score (nSPS) is 11.9. The molecule has 0 spiro atoms. The van der Waals surface area contributed by atoms with E-state index in [0.29, 0.717) is 0 Å². The summed E-state index contributed by atoms with van der Waals surface area (Å²) < 4.78 is 21.4. The van der Waals surface area contributed by atoms with Gasteiger partial charge in [0.05, 0.1) is 17.4 Å². The van der Waals surface area contributed by atoms with E-state index in [2.05, 4.69) is 10.3 Å². The molecule has 0 aliphatic carbocycles. The van der Waals surface area contributed by atoms with Gasteiger partial charge in [0.1, 0.15) is 4.75 Å². The van der Waals surface area contributed by atoms with E-state index in [-0.39, 0.29) is 11.3 Å². The molecule has 0 aliphatic heterocycles. The van der Waals surface area contributed by atoms with Crippen LogP contribution in [0.25, 0.3) is 0 Å². The van der Waals surface area contributed by atoms with Gasteiger partial charge in [0, 0.05) is 12.5 Å². The van der Waals surface area contributed by atoms with Crippen LogP contribution in [0.5, 0.6) is 0 Å². The Balaban J connectivity index is 3.12. The quantitative estimate of drug-likeness (QED) is 0.835. The van der Waals surface area contributed by atoms with E-state index in [9.17, 15) is 18.0 Å². The lowest BCUT2D eigenvalue weighted by atomic mass is 10.1. The zero-order valence-corrected chi connectivity index (χ0v) is 11.5. The Bertz CT molecular complexity index is 622. The van der Waals surface area contributed by atoms with Crippen molar-refractivity contribution in [2.24, 2.45) is 0 Å². The number of carboxylic acid groups (broad SMARTS) is 1. The lowest BCUT2D eigenvalue weighted by Crippen LogP contribution is -2.44. The Kier molecular flexibility index (Phi) is 3.94. The van der Waals surface area contributed by atoms with Gasteiger partial charge in [0.2, 0.25) is 5.91 Å². The third-order valence-corrected chi connectivity index (χ3v) is 4.81. The van der Waals surface area contributed by atoms with Gasteiger partial charge in [-0.2, -0.15) is 0 Å². The average molecular weight is 286 g/mol. The number of aromatic carboxylic acids is 1. The lowest BCUT2D eigenvalue weighted by molar-refractivity contribution is -0.117. The highest BCUT2D eigenvalue weighted by Gasteiger charge is 2.38. The first-order valence-electron chi connectivity index (χ1n) is 5.25. The van der Waals surface area contributed by atoms with Crippen molar-refractivity contribution in [2.45, 2.75) is 18.6 Å². The highest BCUT2D eigenvalue weighted by molar-refractivity contribution is 7.92. The SMILES string of the molecule is CC(C)(C(=O)Nc1cnccc1C(=O)O)S(C)(=O)=O. The molecule has 1 aromatic rings. The van der Waals surface area contributed by atoms with Crippen LogP contribution in [0.15, 0.2) is 18.5 Å². The summed E-state index contributed by atoms with van der Waals surface area (Å²) in [4.78, 5) is 26.6. The fourth-order valence-electron chi connectivity index (χ4n) is 1.12. The smallest absolute Gasteiger partial charge is 0.337 e. The van der Waals surface area contributed by atoms with Crippen LogP contribution in [0.1, 0.15) is 24.2 Å². The monoisotopic (exact) mass is 286 g/mol. The van der Waals surface area contributed by atoms with Crippen LogP contribution in [0.2, 0.25) is 0 Å². The van der Waals surface area contributed by atoms with Crippen LogP contribution in [0.3, 0.4) is 0 Å². The van der Waals surface area contributed by atoms with Crippen LogP contribution >= 0.6 is 0 Å². The molecule has 0 radical (unpaired) electrons. The van der Waals surface area contributed by atoms with E-state index in [1.165, 1.54) is 26.1 Å². The molecule has 0 saturated heterocycles. The predicted octanol–water partition coefficient (Wildman–Crippen LogP) is 0.542. The number of carbonyl (C=O) groups excluding carboxylic acids is 1. The standard InChI is InChI=1S/C11H14N2O5S/c1-11(2,19(3,17)18)10(16)13-8-6-12-5-4-7(8)9(14)15/h4-6H,1-3H3,(H,13,16)(H,14,15). The molecule has 19 heavy (non-hydrogen) atoms. The summed E-state index contributed by atoms with van der Waals surface area (Å²) in [5.41, 5.74) is -0.204. The van der Waals surface area contributed by atoms with Crippen molar-refractivity contribution >= 4 is 27.4 Å². The number of hydrogen-bond donors (Lipinski definition) is 2. The molecule has 1 heterocycles. The molecule has 1 amide bonds. The van der Waals surface area contributed by atoms with Crippen LogP contribution in [-0.2, 0) is 14.6 Å². The molecule has 1 rings (SSSR count). The van der Waals surface area contributed by atoms with Crippen molar-refractivity contribution in [3.8, 4) is 0 Å². The number of hydrogen-bond acceptors (Lipinski definition) is 5. The topological polar surface area (TPSA) is 113 Å². The van der Waals surface area contributed by atoms with Crippen molar-refractivity contribution in [1.29, 1.82) is 0 Å².